The molecule has 0 N–H and O–H groups in total. The standard InChI is InChI=1S/C18H22N2O3S/c1-3-14-8-9-19-18(11-14)20(24(2,21)22)12-15-10-16-6-4-5-7-17(16)23-13-15/h4-9,11,15H,3,10,12-13H2,1-2H3. The molecule has 24 heavy (non-hydrogen) atoms. The maximum atomic E-state index is 12.3. The molecule has 128 valence electrons. The Bertz CT molecular complexity index is 821. The summed E-state index contributed by atoms with van der Waals surface area (Å²) in [5.41, 5.74) is 2.19. The third-order valence-corrected chi connectivity index (χ3v) is 5.39. The van der Waals surface area contributed by atoms with Crippen molar-refractivity contribution in [2.75, 3.05) is 23.7 Å². The van der Waals surface area contributed by atoms with Gasteiger partial charge in [0, 0.05) is 18.7 Å². The average molecular weight is 346 g/mol. The summed E-state index contributed by atoms with van der Waals surface area (Å²) in [5, 5.41) is 0. The highest BCUT2D eigenvalue weighted by molar-refractivity contribution is 7.92. The summed E-state index contributed by atoms with van der Waals surface area (Å²) in [7, 11) is -3.40. The first kappa shape index (κ1) is 16.8. The lowest BCUT2D eigenvalue weighted by Crippen LogP contribution is -2.39. The van der Waals surface area contributed by atoms with Crippen LogP contribution >= 0.6 is 0 Å². The van der Waals surface area contributed by atoms with Crippen LogP contribution < -0.4 is 9.04 Å². The molecule has 0 spiro atoms. The Morgan fingerprint density at radius 3 is 2.83 bits per heavy atom. The molecule has 0 saturated carbocycles. The van der Waals surface area contributed by atoms with Gasteiger partial charge in [-0.25, -0.2) is 13.4 Å². The van der Waals surface area contributed by atoms with Crippen LogP contribution in [0.4, 0.5) is 5.82 Å². The number of fused-ring (bicyclic) bond motifs is 1. The fourth-order valence-corrected chi connectivity index (χ4v) is 3.88. The third-order valence-electron chi connectivity index (χ3n) is 4.25. The van der Waals surface area contributed by atoms with Crippen molar-refractivity contribution in [1.82, 2.24) is 4.98 Å². The fraction of sp³-hybridized carbons (Fsp3) is 0.389. The van der Waals surface area contributed by atoms with Crippen LogP contribution in [-0.2, 0) is 22.9 Å². The molecule has 1 aliphatic rings. The molecular weight excluding hydrogens is 324 g/mol. The van der Waals surface area contributed by atoms with E-state index in [1.807, 2.05) is 43.3 Å². The number of pyridine rings is 1. The minimum atomic E-state index is -3.40. The lowest BCUT2D eigenvalue weighted by molar-refractivity contribution is 0.227. The summed E-state index contributed by atoms with van der Waals surface area (Å²) in [4.78, 5) is 4.27. The van der Waals surface area contributed by atoms with Crippen molar-refractivity contribution >= 4 is 15.8 Å². The molecular formula is C18H22N2O3S. The van der Waals surface area contributed by atoms with E-state index in [-0.39, 0.29) is 5.92 Å². The summed E-state index contributed by atoms with van der Waals surface area (Å²) in [6, 6.07) is 11.7. The van der Waals surface area contributed by atoms with Crippen LogP contribution in [0.5, 0.6) is 5.75 Å². The minimum Gasteiger partial charge on any atom is -0.493 e. The molecule has 0 amide bonds. The minimum absolute atomic E-state index is 0.0988. The molecule has 3 rings (SSSR count). The van der Waals surface area contributed by atoms with E-state index >= 15 is 0 Å². The highest BCUT2D eigenvalue weighted by Gasteiger charge is 2.27. The number of aromatic nitrogens is 1. The summed E-state index contributed by atoms with van der Waals surface area (Å²) in [6.07, 6.45) is 4.53. The Hall–Kier alpha value is -2.08. The van der Waals surface area contributed by atoms with Crippen LogP contribution in [0.1, 0.15) is 18.1 Å². The van der Waals surface area contributed by atoms with Gasteiger partial charge in [0.1, 0.15) is 11.6 Å². The fourth-order valence-electron chi connectivity index (χ4n) is 2.96. The van der Waals surface area contributed by atoms with Gasteiger partial charge >= 0.3 is 0 Å². The normalized spacial score (nSPS) is 17.0. The monoisotopic (exact) mass is 346 g/mol. The summed E-state index contributed by atoms with van der Waals surface area (Å²) in [6.45, 7) is 2.92. The SMILES string of the molecule is CCc1ccnc(N(CC2COc3ccccc3C2)S(C)(=O)=O)c1. The molecule has 1 aromatic heterocycles. The zero-order chi connectivity index (χ0) is 17.2. The predicted molar refractivity (Wildman–Crippen MR) is 94.9 cm³/mol. The van der Waals surface area contributed by atoms with Gasteiger partial charge in [0.15, 0.2) is 0 Å². The van der Waals surface area contributed by atoms with Crippen molar-refractivity contribution < 1.29 is 13.2 Å². The van der Waals surface area contributed by atoms with Gasteiger partial charge < -0.3 is 4.74 Å². The van der Waals surface area contributed by atoms with Crippen molar-refractivity contribution in [2.24, 2.45) is 5.92 Å². The molecule has 2 aromatic rings. The molecule has 5 nitrogen and oxygen atoms in total. The van der Waals surface area contributed by atoms with E-state index in [2.05, 4.69) is 4.98 Å². The van der Waals surface area contributed by atoms with Crippen molar-refractivity contribution in [3.05, 3.63) is 53.7 Å². The molecule has 6 heteroatoms. The highest BCUT2D eigenvalue weighted by Crippen LogP contribution is 2.28. The van der Waals surface area contributed by atoms with Gasteiger partial charge in [-0.15, -0.1) is 0 Å². The Morgan fingerprint density at radius 2 is 2.08 bits per heavy atom. The van der Waals surface area contributed by atoms with Crippen LogP contribution in [0.2, 0.25) is 0 Å². The molecule has 0 radical (unpaired) electrons. The molecule has 1 atom stereocenters. The van der Waals surface area contributed by atoms with Crippen molar-refractivity contribution in [2.45, 2.75) is 19.8 Å². The number of nitrogens with zero attached hydrogens (tertiary/aromatic N) is 2. The molecule has 0 fully saturated rings. The van der Waals surface area contributed by atoms with E-state index in [9.17, 15) is 8.42 Å². The van der Waals surface area contributed by atoms with E-state index < -0.39 is 10.0 Å². The molecule has 1 aromatic carbocycles. The first-order valence-corrected chi connectivity index (χ1v) is 9.95. The number of hydrogen-bond acceptors (Lipinski definition) is 4. The second kappa shape index (κ2) is 6.81. The van der Waals surface area contributed by atoms with Crippen molar-refractivity contribution in [1.29, 1.82) is 0 Å². The Balaban J connectivity index is 1.84. The first-order valence-electron chi connectivity index (χ1n) is 8.10. The van der Waals surface area contributed by atoms with E-state index in [4.69, 9.17) is 4.74 Å². The van der Waals surface area contributed by atoms with Crippen molar-refractivity contribution in [3.8, 4) is 5.75 Å². The maximum Gasteiger partial charge on any atom is 0.233 e. The number of ether oxygens (including phenoxy) is 1. The lowest BCUT2D eigenvalue weighted by atomic mass is 9.97. The average Bonchev–Trinajstić information content (AvgIpc) is 2.58. The van der Waals surface area contributed by atoms with E-state index in [1.54, 1.807) is 6.20 Å². The second-order valence-electron chi connectivity index (χ2n) is 6.16. The Morgan fingerprint density at radius 1 is 1.29 bits per heavy atom. The van der Waals surface area contributed by atoms with Gasteiger partial charge in [-0.3, -0.25) is 4.31 Å². The van der Waals surface area contributed by atoms with Gasteiger partial charge in [-0.2, -0.15) is 0 Å². The molecule has 0 bridgehead atoms. The molecule has 0 saturated heterocycles. The number of hydrogen-bond donors (Lipinski definition) is 0. The van der Waals surface area contributed by atoms with Gasteiger partial charge in [0.2, 0.25) is 10.0 Å². The molecule has 2 heterocycles. The highest BCUT2D eigenvalue weighted by atomic mass is 32.2. The van der Waals surface area contributed by atoms with Crippen LogP contribution in [0.25, 0.3) is 0 Å². The topological polar surface area (TPSA) is 59.5 Å². The Kier molecular flexibility index (Phi) is 4.76. The summed E-state index contributed by atoms with van der Waals surface area (Å²) < 4.78 is 31.8. The van der Waals surface area contributed by atoms with Crippen molar-refractivity contribution in [3.63, 3.8) is 0 Å². The zero-order valence-corrected chi connectivity index (χ0v) is 14.8. The zero-order valence-electron chi connectivity index (χ0n) is 14.0. The summed E-state index contributed by atoms with van der Waals surface area (Å²) >= 11 is 0. The van der Waals surface area contributed by atoms with E-state index in [1.165, 1.54) is 10.6 Å². The van der Waals surface area contributed by atoms with Gasteiger partial charge in [0.05, 0.1) is 12.9 Å². The van der Waals surface area contributed by atoms with Gasteiger partial charge in [-0.1, -0.05) is 25.1 Å². The lowest BCUT2D eigenvalue weighted by Gasteiger charge is -2.30. The van der Waals surface area contributed by atoms with E-state index in [0.29, 0.717) is 19.0 Å². The quantitative estimate of drug-likeness (QED) is 0.835. The maximum absolute atomic E-state index is 12.3. The van der Waals surface area contributed by atoms with Gasteiger partial charge in [-0.05, 0) is 42.2 Å². The van der Waals surface area contributed by atoms with Crippen LogP contribution in [0.15, 0.2) is 42.6 Å². The number of rotatable bonds is 5. The van der Waals surface area contributed by atoms with E-state index in [0.717, 1.165) is 29.7 Å². The molecule has 1 unspecified atom stereocenters. The third kappa shape index (κ3) is 3.70. The number of sulfonamides is 1. The number of aryl methyl sites for hydroxylation is 1. The second-order valence-corrected chi connectivity index (χ2v) is 8.07. The Labute approximate surface area is 143 Å². The van der Waals surface area contributed by atoms with Crippen LogP contribution in [0, 0.1) is 5.92 Å². The summed E-state index contributed by atoms with van der Waals surface area (Å²) in [5.74, 6) is 1.48. The van der Waals surface area contributed by atoms with Crippen LogP contribution in [-0.4, -0.2) is 32.8 Å². The largest absolute Gasteiger partial charge is 0.493 e. The number of anilines is 1. The molecule has 1 aliphatic heterocycles. The first-order chi connectivity index (χ1) is 11.5. The van der Waals surface area contributed by atoms with Crippen LogP contribution in [0.3, 0.4) is 0 Å². The van der Waals surface area contributed by atoms with Gasteiger partial charge in [0.25, 0.3) is 0 Å². The number of para-hydroxylation sites is 1. The number of benzene rings is 1. The molecule has 0 aliphatic carbocycles. The predicted octanol–water partition coefficient (Wildman–Crippen LogP) is 2.66. The smallest absolute Gasteiger partial charge is 0.233 e.